The lowest BCUT2D eigenvalue weighted by Gasteiger charge is -2.53. The average molecular weight is 893 g/mol. The van der Waals surface area contributed by atoms with E-state index in [0.29, 0.717) is 25.5 Å². The average Bonchev–Trinajstić information content (AvgIpc) is 3.54. The van der Waals surface area contributed by atoms with E-state index in [1.165, 1.54) is 6.92 Å². The first-order valence-corrected chi connectivity index (χ1v) is 23.2. The number of aliphatic imine (C=N–C) groups is 1. The summed E-state index contributed by atoms with van der Waals surface area (Å²) in [6, 6.07) is 9.22. The van der Waals surface area contributed by atoms with Crippen LogP contribution in [-0.4, -0.2) is 161 Å². The van der Waals surface area contributed by atoms with Crippen molar-refractivity contribution in [2.24, 2.45) is 22.7 Å². The zero-order valence-electron chi connectivity index (χ0n) is 40.1. The van der Waals surface area contributed by atoms with Gasteiger partial charge in [0.25, 0.3) is 6.02 Å². The van der Waals surface area contributed by atoms with E-state index in [9.17, 15) is 25.2 Å². The van der Waals surface area contributed by atoms with Crippen LogP contribution in [0.4, 0.5) is 5.69 Å². The Labute approximate surface area is 375 Å². The second-order valence-electron chi connectivity index (χ2n) is 19.7. The number of aliphatic hydroxyl groups excluding tert-OH is 1. The molecule has 1 aromatic rings. The fraction of sp³-hybridized carbons (Fsp3) is 0.830. The Balaban J connectivity index is 1.57. The third-order valence-corrected chi connectivity index (χ3v) is 14.3. The standard InChI is InChI=1S/C47H80N4O12/c1-14-21-48-26-47(56)32(8)59-36(24-45(47,10)57-13)61-37-29(5)40(63-42-38-34(22-28(4)58-42)51(12)43(62-38)50-33-19-17-16-18-20-33)44(9,54)23-27(3)25-49-31(7)39(52)46(11,55)35(15-2)60-41(53)30(37)6/h16-20,27-32,34-40,42,48-49,52,54-56H,14-15,21-26H2,1-13H3/t27-,28-,29+,30-,31-,32+,34+,35-,36+,37+,38-,39-,40-,42+,44-,45-,46-,47+/m1/s1. The minimum Gasteiger partial charge on any atom is -0.459 e. The molecule has 4 aliphatic rings. The van der Waals surface area contributed by atoms with Crippen molar-refractivity contribution in [3.63, 3.8) is 0 Å². The van der Waals surface area contributed by atoms with Crippen LogP contribution in [0.25, 0.3) is 0 Å². The summed E-state index contributed by atoms with van der Waals surface area (Å²) >= 11 is 0. The van der Waals surface area contributed by atoms with Crippen molar-refractivity contribution in [1.82, 2.24) is 15.5 Å². The number of fused-ring (bicyclic) bond motifs is 1. The van der Waals surface area contributed by atoms with E-state index in [1.54, 1.807) is 41.7 Å². The maximum absolute atomic E-state index is 14.5. The molecular formula is C47H80N4O12. The third kappa shape index (κ3) is 11.2. The summed E-state index contributed by atoms with van der Waals surface area (Å²) in [5.41, 5.74) is -5.23. The second kappa shape index (κ2) is 21.0. The molecule has 6 N–H and O–H groups in total. The molecule has 0 aromatic heterocycles. The van der Waals surface area contributed by atoms with Crippen molar-refractivity contribution in [2.45, 2.75) is 198 Å². The van der Waals surface area contributed by atoms with Crippen LogP contribution < -0.4 is 10.6 Å². The van der Waals surface area contributed by atoms with Gasteiger partial charge in [-0.1, -0.05) is 45.9 Å². The summed E-state index contributed by atoms with van der Waals surface area (Å²) in [7, 11) is 3.49. The zero-order valence-corrected chi connectivity index (χ0v) is 40.1. The highest BCUT2D eigenvalue weighted by molar-refractivity contribution is 5.79. The summed E-state index contributed by atoms with van der Waals surface area (Å²) in [5.74, 6) is -2.63. The highest BCUT2D eigenvalue weighted by atomic mass is 16.7. The molecule has 63 heavy (non-hydrogen) atoms. The normalized spacial score (nSPS) is 45.2. The predicted octanol–water partition coefficient (Wildman–Crippen LogP) is 4.02. The largest absolute Gasteiger partial charge is 0.459 e. The smallest absolute Gasteiger partial charge is 0.311 e. The molecule has 0 amide bonds. The van der Waals surface area contributed by atoms with Crippen LogP contribution in [-0.2, 0) is 38.0 Å². The van der Waals surface area contributed by atoms with E-state index < -0.39 is 95.5 Å². The number of hydrogen-bond donors (Lipinski definition) is 6. The number of hydrogen-bond acceptors (Lipinski definition) is 15. The number of rotatable bonds is 11. The molecule has 4 fully saturated rings. The van der Waals surface area contributed by atoms with Gasteiger partial charge in [-0.3, -0.25) is 4.79 Å². The van der Waals surface area contributed by atoms with Crippen molar-refractivity contribution >= 4 is 17.7 Å². The quantitative estimate of drug-likeness (QED) is 0.137. The number of amidine groups is 1. The number of para-hydroxylation sites is 1. The number of likely N-dealkylation sites (N-methyl/N-ethyl adjacent to an activating group) is 1. The number of carbonyl (C=O) groups excluding carboxylic acids is 1. The minimum atomic E-state index is -1.82. The van der Waals surface area contributed by atoms with Gasteiger partial charge in [-0.2, -0.15) is 4.99 Å². The van der Waals surface area contributed by atoms with Crippen molar-refractivity contribution in [3.05, 3.63) is 30.3 Å². The summed E-state index contributed by atoms with van der Waals surface area (Å²) < 4.78 is 45.9. The number of methoxy groups -OCH3 is 1. The molecule has 0 radical (unpaired) electrons. The number of esters is 1. The van der Waals surface area contributed by atoms with Gasteiger partial charge in [0.1, 0.15) is 29.0 Å². The van der Waals surface area contributed by atoms with Crippen molar-refractivity contribution in [2.75, 3.05) is 33.8 Å². The Morgan fingerprint density at radius 2 is 1.65 bits per heavy atom. The van der Waals surface area contributed by atoms with Crippen LogP contribution in [0.3, 0.4) is 0 Å². The molecule has 16 nitrogen and oxygen atoms in total. The summed E-state index contributed by atoms with van der Waals surface area (Å²) in [6.07, 6.45) is -5.98. The number of cyclic esters (lactones) is 1. The second-order valence-corrected chi connectivity index (χ2v) is 19.7. The third-order valence-electron chi connectivity index (χ3n) is 14.3. The minimum absolute atomic E-state index is 0.0981. The summed E-state index contributed by atoms with van der Waals surface area (Å²) in [4.78, 5) is 21.3. The Morgan fingerprint density at radius 1 is 0.968 bits per heavy atom. The lowest BCUT2D eigenvalue weighted by atomic mass is 9.75. The maximum Gasteiger partial charge on any atom is 0.311 e. The molecule has 5 rings (SSSR count). The number of nitrogens with zero attached hydrogens (tertiary/aromatic N) is 2. The monoisotopic (exact) mass is 893 g/mol. The van der Waals surface area contributed by atoms with Gasteiger partial charge in [0.15, 0.2) is 18.7 Å². The van der Waals surface area contributed by atoms with Gasteiger partial charge in [0.05, 0.1) is 47.7 Å². The molecule has 0 aliphatic carbocycles. The highest BCUT2D eigenvalue weighted by Gasteiger charge is 2.59. The number of nitrogens with one attached hydrogen (secondary N) is 2. The Hall–Kier alpha value is -2.48. The zero-order chi connectivity index (χ0) is 46.7. The van der Waals surface area contributed by atoms with Crippen molar-refractivity contribution in [1.29, 1.82) is 0 Å². The first-order valence-electron chi connectivity index (χ1n) is 23.2. The molecule has 16 heteroatoms. The molecule has 4 aliphatic heterocycles. The number of aliphatic hydroxyl groups is 4. The van der Waals surface area contributed by atoms with E-state index >= 15 is 0 Å². The molecule has 0 bridgehead atoms. The number of ether oxygens (including phenoxy) is 7. The van der Waals surface area contributed by atoms with E-state index in [1.807, 2.05) is 76.9 Å². The van der Waals surface area contributed by atoms with Gasteiger partial charge in [-0.25, -0.2) is 0 Å². The van der Waals surface area contributed by atoms with E-state index in [4.69, 9.17) is 38.2 Å². The molecule has 0 saturated carbocycles. The molecule has 0 spiro atoms. The van der Waals surface area contributed by atoms with Gasteiger partial charge in [-0.05, 0) is 105 Å². The van der Waals surface area contributed by atoms with Crippen molar-refractivity contribution in [3.8, 4) is 0 Å². The van der Waals surface area contributed by atoms with Crippen LogP contribution in [0, 0.1) is 17.8 Å². The van der Waals surface area contributed by atoms with Crippen LogP contribution in [0.1, 0.15) is 108 Å². The van der Waals surface area contributed by atoms with Gasteiger partial charge < -0.3 is 69.1 Å². The highest BCUT2D eigenvalue weighted by Crippen LogP contribution is 2.44. The predicted molar refractivity (Wildman–Crippen MR) is 238 cm³/mol. The van der Waals surface area contributed by atoms with E-state index in [2.05, 4.69) is 10.6 Å². The Kier molecular flexibility index (Phi) is 17.2. The first kappa shape index (κ1) is 51.5. The summed E-state index contributed by atoms with van der Waals surface area (Å²) in [5, 5.41) is 54.9. The fourth-order valence-electron chi connectivity index (χ4n) is 10.3. The molecule has 4 saturated heterocycles. The van der Waals surface area contributed by atoms with Crippen LogP contribution >= 0.6 is 0 Å². The Morgan fingerprint density at radius 3 is 2.29 bits per heavy atom. The maximum atomic E-state index is 14.5. The Bertz CT molecular complexity index is 1650. The van der Waals surface area contributed by atoms with Crippen LogP contribution in [0.2, 0.25) is 0 Å². The van der Waals surface area contributed by atoms with Crippen LogP contribution in [0.5, 0.6) is 0 Å². The molecule has 18 atom stereocenters. The van der Waals surface area contributed by atoms with Gasteiger partial charge in [0, 0.05) is 39.1 Å². The topological polar surface area (TPSA) is 202 Å². The van der Waals surface area contributed by atoms with Crippen molar-refractivity contribution < 1.29 is 58.4 Å². The molecule has 4 heterocycles. The molecule has 360 valence electrons. The van der Waals surface area contributed by atoms with E-state index in [0.717, 1.165) is 12.1 Å². The van der Waals surface area contributed by atoms with Crippen LogP contribution in [0.15, 0.2) is 35.3 Å². The lowest BCUT2D eigenvalue weighted by Crippen LogP contribution is -2.70. The van der Waals surface area contributed by atoms with Gasteiger partial charge in [0.2, 0.25) is 0 Å². The fourth-order valence-corrected chi connectivity index (χ4v) is 10.3. The first-order chi connectivity index (χ1) is 29.5. The molecular weight excluding hydrogens is 813 g/mol. The number of carbonyl (C=O) groups is 1. The summed E-state index contributed by atoms with van der Waals surface area (Å²) in [6.45, 7) is 21.2. The molecule has 0 unspecified atom stereocenters. The lowest BCUT2D eigenvalue weighted by molar-refractivity contribution is -0.335. The van der Waals surface area contributed by atoms with E-state index in [-0.39, 0.29) is 43.9 Å². The van der Waals surface area contributed by atoms with Gasteiger partial charge in [-0.15, -0.1) is 0 Å². The molecule has 1 aromatic carbocycles. The van der Waals surface area contributed by atoms with Gasteiger partial charge >= 0.3 is 5.97 Å². The SMILES string of the molecule is CCCNC[C@]1(O)[C@H](C)O[C@@H](O[C@H]2[C@H](C)[C@@H](O[C@@H]3O[C@H](C)C[C@H]4[C@H]3OC(=Nc3ccccc3)N4C)[C@](C)(O)C[C@@H](C)CN[C@H](C)[C@@H](O)[C@](C)(O)[C@@H](CC)OC(=O)[C@@H]2C)C[C@@]1(C)OC. The number of benzene rings is 1.